The van der Waals surface area contributed by atoms with Crippen LogP contribution < -0.4 is 5.32 Å². The molecule has 1 aliphatic carbocycles. The van der Waals surface area contributed by atoms with Crippen LogP contribution in [-0.2, 0) is 11.2 Å². The lowest BCUT2D eigenvalue weighted by Crippen LogP contribution is -2.17. The number of carboxylic acids is 1. The molecule has 1 aromatic heterocycles. The minimum absolute atomic E-state index is 0.226. The van der Waals surface area contributed by atoms with Crippen molar-refractivity contribution in [3.63, 3.8) is 0 Å². The van der Waals surface area contributed by atoms with Crippen molar-refractivity contribution >= 4 is 17.7 Å². The van der Waals surface area contributed by atoms with Gasteiger partial charge in [-0.15, -0.1) is 0 Å². The molecule has 34 heavy (non-hydrogen) atoms. The Morgan fingerprint density at radius 2 is 1.76 bits per heavy atom. The zero-order chi connectivity index (χ0) is 23.7. The van der Waals surface area contributed by atoms with E-state index in [9.17, 15) is 14.7 Å². The number of aryl methyl sites for hydroxylation is 2. The summed E-state index contributed by atoms with van der Waals surface area (Å²) >= 11 is 0. The van der Waals surface area contributed by atoms with E-state index < -0.39 is 12.1 Å². The van der Waals surface area contributed by atoms with Crippen LogP contribution in [0.2, 0.25) is 0 Å². The number of carbonyl (C=O) groups excluding carboxylic acids is 1. The van der Waals surface area contributed by atoms with Crippen LogP contribution in [0.25, 0.3) is 22.4 Å². The molecule has 0 saturated carbocycles. The van der Waals surface area contributed by atoms with Gasteiger partial charge >= 0.3 is 12.1 Å². The van der Waals surface area contributed by atoms with E-state index in [2.05, 4.69) is 16.5 Å². The molecule has 0 spiro atoms. The standard InChI is InChI=1S/C27H22N2O5/c1-16-24(28-27(32)33-23-14-13-18-5-2-3-8-22(18)23)25(29-34-16)19-11-9-17(10-12-19)20-6-4-7-21(15-20)26(30)31/h2-12,15,23H,13-14H2,1H3,(H,28,32)(H,30,31). The fourth-order valence-corrected chi connectivity index (χ4v) is 4.27. The minimum Gasteiger partial charge on any atom is -0.478 e. The Kier molecular flexibility index (Phi) is 5.59. The van der Waals surface area contributed by atoms with Crippen LogP contribution in [0, 0.1) is 6.92 Å². The number of ether oxygens (including phenoxy) is 1. The van der Waals surface area contributed by atoms with Crippen molar-refractivity contribution in [2.24, 2.45) is 0 Å². The van der Waals surface area contributed by atoms with Gasteiger partial charge in [-0.05, 0) is 54.2 Å². The number of hydrogen-bond donors (Lipinski definition) is 2. The number of aromatic carboxylic acids is 1. The first kappa shape index (κ1) is 21.5. The van der Waals surface area contributed by atoms with Gasteiger partial charge in [0.05, 0.1) is 5.56 Å². The molecule has 2 N–H and O–H groups in total. The molecular formula is C27H22N2O5. The molecule has 0 radical (unpaired) electrons. The van der Waals surface area contributed by atoms with E-state index in [1.807, 2.05) is 48.5 Å². The summed E-state index contributed by atoms with van der Waals surface area (Å²) in [6.45, 7) is 1.72. The van der Waals surface area contributed by atoms with Crippen molar-refractivity contribution in [2.45, 2.75) is 25.9 Å². The Bertz CT molecular complexity index is 1370. The zero-order valence-electron chi connectivity index (χ0n) is 18.4. The Balaban J connectivity index is 1.34. The molecule has 0 bridgehead atoms. The van der Waals surface area contributed by atoms with Gasteiger partial charge in [-0.3, -0.25) is 5.32 Å². The van der Waals surface area contributed by atoms with Crippen LogP contribution in [-0.4, -0.2) is 22.3 Å². The first-order chi connectivity index (χ1) is 16.5. The summed E-state index contributed by atoms with van der Waals surface area (Å²) in [5.74, 6) is -0.503. The van der Waals surface area contributed by atoms with Crippen LogP contribution in [0.5, 0.6) is 0 Å². The first-order valence-corrected chi connectivity index (χ1v) is 11.0. The predicted octanol–water partition coefficient (Wildman–Crippen LogP) is 6.25. The molecule has 0 fully saturated rings. The highest BCUT2D eigenvalue weighted by atomic mass is 16.6. The molecule has 1 unspecified atom stereocenters. The average Bonchev–Trinajstić information content (AvgIpc) is 3.43. The van der Waals surface area contributed by atoms with Gasteiger partial charge < -0.3 is 14.4 Å². The van der Waals surface area contributed by atoms with Gasteiger partial charge in [0.25, 0.3) is 0 Å². The van der Waals surface area contributed by atoms with Gasteiger partial charge in [0.2, 0.25) is 0 Å². The maximum atomic E-state index is 12.7. The van der Waals surface area contributed by atoms with E-state index in [1.54, 1.807) is 25.1 Å². The Morgan fingerprint density at radius 3 is 2.56 bits per heavy atom. The van der Waals surface area contributed by atoms with Gasteiger partial charge in [-0.2, -0.15) is 0 Å². The molecule has 7 heteroatoms. The van der Waals surface area contributed by atoms with E-state index in [-0.39, 0.29) is 11.7 Å². The maximum absolute atomic E-state index is 12.7. The molecule has 170 valence electrons. The molecule has 0 saturated heterocycles. The molecular weight excluding hydrogens is 432 g/mol. The number of fused-ring (bicyclic) bond motifs is 1. The Morgan fingerprint density at radius 1 is 1.00 bits per heavy atom. The summed E-state index contributed by atoms with van der Waals surface area (Å²) in [7, 11) is 0. The first-order valence-electron chi connectivity index (χ1n) is 11.0. The second-order valence-corrected chi connectivity index (χ2v) is 8.18. The van der Waals surface area contributed by atoms with E-state index in [0.717, 1.165) is 35.1 Å². The fraction of sp³-hybridized carbons (Fsp3) is 0.148. The second kappa shape index (κ2) is 8.86. The number of carbonyl (C=O) groups is 2. The number of nitrogens with one attached hydrogen (secondary N) is 1. The molecule has 4 aromatic rings. The quantitative estimate of drug-likeness (QED) is 0.369. The van der Waals surface area contributed by atoms with Crippen LogP contribution in [0.3, 0.4) is 0 Å². The molecule has 5 rings (SSSR count). The minimum atomic E-state index is -0.972. The number of hydrogen-bond acceptors (Lipinski definition) is 5. The second-order valence-electron chi connectivity index (χ2n) is 8.18. The van der Waals surface area contributed by atoms with Crippen LogP contribution in [0.1, 0.15) is 39.8 Å². The zero-order valence-corrected chi connectivity index (χ0v) is 18.4. The largest absolute Gasteiger partial charge is 0.478 e. The highest BCUT2D eigenvalue weighted by Crippen LogP contribution is 2.35. The normalized spacial score (nSPS) is 14.4. The highest BCUT2D eigenvalue weighted by molar-refractivity contribution is 5.92. The van der Waals surface area contributed by atoms with E-state index in [1.165, 1.54) is 5.56 Å². The van der Waals surface area contributed by atoms with Gasteiger partial charge in [0.15, 0.2) is 5.76 Å². The van der Waals surface area contributed by atoms with Gasteiger partial charge in [-0.25, -0.2) is 9.59 Å². The molecule has 1 amide bonds. The maximum Gasteiger partial charge on any atom is 0.412 e. The molecule has 3 aromatic carbocycles. The number of amides is 1. The third-order valence-corrected chi connectivity index (χ3v) is 6.02. The topological polar surface area (TPSA) is 102 Å². The SMILES string of the molecule is Cc1onc(-c2ccc(-c3cccc(C(=O)O)c3)cc2)c1NC(=O)OC1CCc2ccccc21. The average molecular weight is 454 g/mol. The summed E-state index contributed by atoms with van der Waals surface area (Å²) in [6, 6.07) is 22.2. The van der Waals surface area contributed by atoms with Crippen molar-refractivity contribution in [2.75, 3.05) is 5.32 Å². The van der Waals surface area contributed by atoms with Gasteiger partial charge in [0, 0.05) is 5.56 Å². The smallest absolute Gasteiger partial charge is 0.412 e. The summed E-state index contributed by atoms with van der Waals surface area (Å²) in [6.07, 6.45) is 0.803. The Labute approximate surface area is 196 Å². The molecule has 7 nitrogen and oxygen atoms in total. The van der Waals surface area contributed by atoms with E-state index >= 15 is 0 Å². The number of nitrogens with zero attached hydrogens (tertiary/aromatic N) is 1. The third kappa shape index (κ3) is 4.15. The lowest BCUT2D eigenvalue weighted by Gasteiger charge is -2.14. The summed E-state index contributed by atoms with van der Waals surface area (Å²) in [5.41, 5.74) is 5.82. The van der Waals surface area contributed by atoms with Crippen molar-refractivity contribution in [3.8, 4) is 22.4 Å². The number of carboxylic acid groups (broad SMARTS) is 1. The summed E-state index contributed by atoms with van der Waals surface area (Å²) in [4.78, 5) is 23.9. The van der Waals surface area contributed by atoms with Crippen molar-refractivity contribution in [1.82, 2.24) is 5.16 Å². The van der Waals surface area contributed by atoms with Crippen LogP contribution in [0.15, 0.2) is 77.3 Å². The monoisotopic (exact) mass is 454 g/mol. The number of benzene rings is 3. The van der Waals surface area contributed by atoms with Crippen molar-refractivity contribution in [3.05, 3.63) is 95.2 Å². The summed E-state index contributed by atoms with van der Waals surface area (Å²) < 4.78 is 11.0. The molecule has 1 heterocycles. The van der Waals surface area contributed by atoms with E-state index in [4.69, 9.17) is 9.26 Å². The number of aromatic nitrogens is 1. The van der Waals surface area contributed by atoms with Crippen molar-refractivity contribution in [1.29, 1.82) is 0 Å². The van der Waals surface area contributed by atoms with Gasteiger partial charge in [0.1, 0.15) is 17.5 Å². The molecule has 0 aliphatic heterocycles. The summed E-state index contributed by atoms with van der Waals surface area (Å²) in [5, 5.41) is 16.2. The fourth-order valence-electron chi connectivity index (χ4n) is 4.27. The van der Waals surface area contributed by atoms with Crippen LogP contribution >= 0.6 is 0 Å². The number of rotatable bonds is 5. The Hall–Kier alpha value is -4.39. The van der Waals surface area contributed by atoms with Gasteiger partial charge in [-0.1, -0.05) is 65.8 Å². The predicted molar refractivity (Wildman–Crippen MR) is 127 cm³/mol. The third-order valence-electron chi connectivity index (χ3n) is 6.02. The highest BCUT2D eigenvalue weighted by Gasteiger charge is 2.26. The van der Waals surface area contributed by atoms with Crippen molar-refractivity contribution < 1.29 is 24.0 Å². The lowest BCUT2D eigenvalue weighted by molar-refractivity contribution is 0.0696. The molecule has 1 aliphatic rings. The lowest BCUT2D eigenvalue weighted by atomic mass is 10.0. The van der Waals surface area contributed by atoms with E-state index in [0.29, 0.717) is 17.1 Å². The number of anilines is 1. The van der Waals surface area contributed by atoms with Crippen LogP contribution in [0.4, 0.5) is 10.5 Å². The molecule has 1 atom stereocenters.